The molecule has 0 radical (unpaired) electrons. The van der Waals surface area contributed by atoms with Gasteiger partial charge in [-0.05, 0) is 11.6 Å². The van der Waals surface area contributed by atoms with Gasteiger partial charge in [0.05, 0.1) is 0 Å². The number of nitrogens with zero attached hydrogens (tertiary/aromatic N) is 3. The highest BCUT2D eigenvalue weighted by molar-refractivity contribution is 5.89. The Bertz CT molecular complexity index is 528. The summed E-state index contributed by atoms with van der Waals surface area (Å²) in [7, 11) is 0. The van der Waals surface area contributed by atoms with Crippen molar-refractivity contribution in [1.29, 1.82) is 0 Å². The van der Waals surface area contributed by atoms with Gasteiger partial charge in [-0.3, -0.25) is 0 Å². The Morgan fingerprint density at radius 1 is 1.08 bits per heavy atom. The Kier molecular flexibility index (Phi) is 1.14. The minimum absolute atomic E-state index is 0.654. The van der Waals surface area contributed by atoms with Gasteiger partial charge in [0, 0.05) is 11.8 Å². The van der Waals surface area contributed by atoms with Gasteiger partial charge in [0.1, 0.15) is 5.52 Å². The van der Waals surface area contributed by atoms with Crippen molar-refractivity contribution in [2.75, 3.05) is 0 Å². The Morgan fingerprint density at radius 2 is 2.08 bits per heavy atom. The minimum Gasteiger partial charge on any atom is -0.234 e. The Hall–Kier alpha value is -1.97. The fourth-order valence-electron chi connectivity index (χ4n) is 1.48. The number of aromatic nitrogens is 4. The van der Waals surface area contributed by atoms with Crippen LogP contribution in [0.2, 0.25) is 0 Å². The van der Waals surface area contributed by atoms with Crippen LogP contribution in [0.15, 0.2) is 30.5 Å². The molecule has 4 heteroatoms. The summed E-state index contributed by atoms with van der Waals surface area (Å²) in [4.78, 5) is 4.15. The molecule has 62 valence electrons. The summed E-state index contributed by atoms with van der Waals surface area (Å²) in [6.45, 7) is 0. The standard InChI is InChI=1S/C9H6N4/c1-2-6-4-5-10-9-8(7(6)3-1)11-13-12-9/h1-5H,(H,10,11,12,13). The quantitative estimate of drug-likeness (QED) is 0.555. The zero-order valence-corrected chi connectivity index (χ0v) is 6.73. The lowest BCUT2D eigenvalue weighted by Crippen LogP contribution is -1.70. The van der Waals surface area contributed by atoms with E-state index in [9.17, 15) is 0 Å². The van der Waals surface area contributed by atoms with Crippen LogP contribution in [-0.4, -0.2) is 20.4 Å². The second-order valence-electron chi connectivity index (χ2n) is 2.84. The summed E-state index contributed by atoms with van der Waals surface area (Å²) in [6, 6.07) is 8.00. The lowest BCUT2D eigenvalue weighted by Gasteiger charge is -1.87. The second-order valence-corrected chi connectivity index (χ2v) is 2.84. The number of hydrogen-bond donors (Lipinski definition) is 1. The molecule has 13 heavy (non-hydrogen) atoms. The number of fused-ring (bicyclic) bond motifs is 3. The van der Waals surface area contributed by atoms with Gasteiger partial charge < -0.3 is 0 Å². The number of aromatic amines is 1. The molecule has 0 saturated heterocycles. The summed E-state index contributed by atoms with van der Waals surface area (Å²) < 4.78 is 0. The van der Waals surface area contributed by atoms with E-state index in [1.54, 1.807) is 6.20 Å². The van der Waals surface area contributed by atoms with E-state index in [-0.39, 0.29) is 0 Å². The summed E-state index contributed by atoms with van der Waals surface area (Å²) in [5.41, 5.74) is 3.70. The monoisotopic (exact) mass is 170 g/mol. The maximum absolute atomic E-state index is 4.15. The third-order valence-corrected chi connectivity index (χ3v) is 2.09. The predicted octanol–water partition coefficient (Wildman–Crippen LogP) is 1.46. The molecule has 0 atom stereocenters. The summed E-state index contributed by atoms with van der Waals surface area (Å²) >= 11 is 0. The first kappa shape index (κ1) is 6.54. The minimum atomic E-state index is 0.654. The highest BCUT2D eigenvalue weighted by Crippen LogP contribution is 2.26. The first-order chi connectivity index (χ1) is 6.45. The van der Waals surface area contributed by atoms with Gasteiger partial charge >= 0.3 is 0 Å². The van der Waals surface area contributed by atoms with Crippen molar-refractivity contribution in [1.82, 2.24) is 20.4 Å². The molecule has 0 amide bonds. The van der Waals surface area contributed by atoms with E-state index in [2.05, 4.69) is 20.4 Å². The van der Waals surface area contributed by atoms with E-state index in [1.165, 1.54) is 0 Å². The van der Waals surface area contributed by atoms with Gasteiger partial charge in [0.25, 0.3) is 0 Å². The Labute approximate surface area is 74.0 Å². The van der Waals surface area contributed by atoms with Crippen molar-refractivity contribution >= 4 is 11.2 Å². The summed E-state index contributed by atoms with van der Waals surface area (Å²) in [5, 5.41) is 10.6. The molecule has 1 aromatic heterocycles. The van der Waals surface area contributed by atoms with E-state index in [4.69, 9.17) is 0 Å². The molecule has 0 spiro atoms. The largest absolute Gasteiger partial charge is 0.234 e. The SMILES string of the molecule is c1cc2ccnc3n[nH]nc3c-2c1. The lowest BCUT2D eigenvalue weighted by atomic mass is 10.2. The van der Waals surface area contributed by atoms with Gasteiger partial charge in [0.2, 0.25) is 5.65 Å². The van der Waals surface area contributed by atoms with E-state index < -0.39 is 0 Å². The van der Waals surface area contributed by atoms with E-state index >= 15 is 0 Å². The van der Waals surface area contributed by atoms with Crippen LogP contribution in [0.25, 0.3) is 22.3 Å². The molecule has 1 aliphatic carbocycles. The molecule has 0 unspecified atom stereocenters. The lowest BCUT2D eigenvalue weighted by molar-refractivity contribution is 0.953. The first-order valence-corrected chi connectivity index (χ1v) is 3.99. The van der Waals surface area contributed by atoms with Gasteiger partial charge in [-0.25, -0.2) is 4.98 Å². The fraction of sp³-hybridized carbons (Fsp3) is 0. The molecule has 4 nitrogen and oxygen atoms in total. The molecule has 0 bridgehead atoms. The molecule has 2 heterocycles. The maximum atomic E-state index is 4.15. The zero-order valence-electron chi connectivity index (χ0n) is 6.73. The molecule has 1 aliphatic heterocycles. The van der Waals surface area contributed by atoms with Crippen LogP contribution in [0, 0.1) is 0 Å². The normalized spacial score (nSPS) is 11.1. The average Bonchev–Trinajstić information content (AvgIpc) is 2.72. The highest BCUT2D eigenvalue weighted by atomic mass is 15.3. The molecule has 0 aromatic carbocycles. The van der Waals surface area contributed by atoms with Crippen LogP contribution < -0.4 is 0 Å². The van der Waals surface area contributed by atoms with Crippen molar-refractivity contribution in [3.63, 3.8) is 0 Å². The third kappa shape index (κ3) is 0.823. The molecule has 0 saturated carbocycles. The maximum Gasteiger partial charge on any atom is 0.202 e. The second kappa shape index (κ2) is 2.26. The summed E-state index contributed by atoms with van der Waals surface area (Å²) in [5.74, 6) is 0. The zero-order chi connectivity index (χ0) is 8.67. The number of rotatable bonds is 0. The van der Waals surface area contributed by atoms with Gasteiger partial charge in [0.15, 0.2) is 0 Å². The topological polar surface area (TPSA) is 54.5 Å². The van der Waals surface area contributed by atoms with Crippen molar-refractivity contribution in [2.24, 2.45) is 0 Å². The molecule has 2 aliphatic rings. The number of H-pyrrole nitrogens is 1. The van der Waals surface area contributed by atoms with E-state index in [1.807, 2.05) is 24.3 Å². The molecule has 0 fully saturated rings. The average molecular weight is 170 g/mol. The van der Waals surface area contributed by atoms with Crippen LogP contribution in [0.1, 0.15) is 0 Å². The van der Waals surface area contributed by atoms with Gasteiger partial charge in [-0.2, -0.15) is 10.3 Å². The third-order valence-electron chi connectivity index (χ3n) is 2.09. The number of nitrogens with one attached hydrogen (secondary N) is 1. The molecule has 3 rings (SSSR count). The molecule has 1 N–H and O–H groups in total. The number of hydrogen-bond acceptors (Lipinski definition) is 3. The highest BCUT2D eigenvalue weighted by Gasteiger charge is 2.07. The van der Waals surface area contributed by atoms with Crippen LogP contribution in [0.4, 0.5) is 0 Å². The van der Waals surface area contributed by atoms with E-state index in [0.29, 0.717) is 5.65 Å². The van der Waals surface area contributed by atoms with Crippen LogP contribution in [0.5, 0.6) is 0 Å². The van der Waals surface area contributed by atoms with Crippen molar-refractivity contribution in [3.05, 3.63) is 30.5 Å². The Morgan fingerprint density at radius 3 is 3.08 bits per heavy atom. The van der Waals surface area contributed by atoms with Crippen molar-refractivity contribution < 1.29 is 0 Å². The molecular weight excluding hydrogens is 164 g/mol. The van der Waals surface area contributed by atoms with Crippen LogP contribution in [0.3, 0.4) is 0 Å². The Balaban J connectivity index is 2.58. The van der Waals surface area contributed by atoms with Gasteiger partial charge in [-0.15, -0.1) is 5.10 Å². The van der Waals surface area contributed by atoms with Crippen molar-refractivity contribution in [3.8, 4) is 11.1 Å². The van der Waals surface area contributed by atoms with Gasteiger partial charge in [-0.1, -0.05) is 18.2 Å². The molecule has 1 aromatic rings. The first-order valence-electron chi connectivity index (χ1n) is 3.99. The predicted molar refractivity (Wildman–Crippen MR) is 48.3 cm³/mol. The molecular formula is C9H6N4. The van der Waals surface area contributed by atoms with E-state index in [0.717, 1.165) is 16.6 Å². The van der Waals surface area contributed by atoms with Crippen LogP contribution in [-0.2, 0) is 0 Å². The summed E-state index contributed by atoms with van der Waals surface area (Å²) in [6.07, 6.45) is 1.74. The van der Waals surface area contributed by atoms with Crippen LogP contribution >= 0.6 is 0 Å². The smallest absolute Gasteiger partial charge is 0.202 e. The van der Waals surface area contributed by atoms with Crippen molar-refractivity contribution in [2.45, 2.75) is 0 Å². The fourth-order valence-corrected chi connectivity index (χ4v) is 1.48.